The van der Waals surface area contributed by atoms with E-state index < -0.39 is 5.91 Å². The summed E-state index contributed by atoms with van der Waals surface area (Å²) in [6.07, 6.45) is 3.72. The van der Waals surface area contributed by atoms with E-state index in [4.69, 9.17) is 10.5 Å². The molecule has 3 aromatic rings. The highest BCUT2D eigenvalue weighted by Crippen LogP contribution is 2.36. The number of carbonyl (C=O) groups is 3. The Balaban J connectivity index is 1.44. The van der Waals surface area contributed by atoms with Gasteiger partial charge in [-0.1, -0.05) is 42.5 Å². The Morgan fingerprint density at radius 3 is 2.49 bits per heavy atom. The van der Waals surface area contributed by atoms with Crippen LogP contribution in [0.25, 0.3) is 10.4 Å². The smallest absolute Gasteiger partial charge is 0.265 e. The predicted molar refractivity (Wildman–Crippen MR) is 137 cm³/mol. The van der Waals surface area contributed by atoms with E-state index in [2.05, 4.69) is 5.32 Å². The molecule has 182 valence electrons. The van der Waals surface area contributed by atoms with E-state index in [1.54, 1.807) is 18.2 Å². The molecule has 1 aromatic heterocycles. The molecule has 0 bridgehead atoms. The molecule has 3 amide bonds. The maximum absolute atomic E-state index is 13.1. The highest BCUT2D eigenvalue weighted by Gasteiger charge is 2.21. The van der Waals surface area contributed by atoms with E-state index in [1.807, 2.05) is 47.4 Å². The Morgan fingerprint density at radius 2 is 1.74 bits per heavy atom. The van der Waals surface area contributed by atoms with E-state index in [9.17, 15) is 14.4 Å². The van der Waals surface area contributed by atoms with Gasteiger partial charge in [0.1, 0.15) is 10.6 Å². The van der Waals surface area contributed by atoms with Gasteiger partial charge in [0.15, 0.2) is 6.61 Å². The zero-order chi connectivity index (χ0) is 24.6. The molecule has 8 heteroatoms. The van der Waals surface area contributed by atoms with Gasteiger partial charge in [0, 0.05) is 30.1 Å². The summed E-state index contributed by atoms with van der Waals surface area (Å²) in [6.45, 7) is 1.80. The maximum Gasteiger partial charge on any atom is 0.265 e. The molecule has 2 aromatic carbocycles. The largest absolute Gasteiger partial charge is 0.482 e. The summed E-state index contributed by atoms with van der Waals surface area (Å²) >= 11 is 1.34. The Morgan fingerprint density at radius 1 is 0.971 bits per heavy atom. The molecule has 7 nitrogen and oxygen atoms in total. The standard InChI is InChI=1S/C27H29N3O4S/c28-26(32)21-11-7-8-19(16-21)12-13-29-27(33)25-22(17-23(35-25)20-9-3-1-4-10-20)34-18-24(31)30-14-5-2-6-15-30/h1,3-4,7-11,16-17H,2,5-6,12-15,18H2,(H2,28,32)(H,29,33). The summed E-state index contributed by atoms with van der Waals surface area (Å²) in [5, 5.41) is 2.93. The SMILES string of the molecule is NC(=O)c1cccc(CCNC(=O)c2sc(-c3ccccc3)cc2OCC(=O)N2CCCCC2)c1. The normalized spacial score (nSPS) is 13.3. The van der Waals surface area contributed by atoms with Crippen LogP contribution in [0.3, 0.4) is 0 Å². The highest BCUT2D eigenvalue weighted by molar-refractivity contribution is 7.17. The van der Waals surface area contributed by atoms with Crippen LogP contribution in [-0.4, -0.2) is 48.9 Å². The molecule has 0 aliphatic carbocycles. The zero-order valence-corrected chi connectivity index (χ0v) is 20.3. The van der Waals surface area contributed by atoms with Crippen molar-refractivity contribution in [2.24, 2.45) is 5.73 Å². The predicted octanol–water partition coefficient (Wildman–Crippen LogP) is 3.88. The number of nitrogens with one attached hydrogen (secondary N) is 1. The summed E-state index contributed by atoms with van der Waals surface area (Å²) in [4.78, 5) is 40.2. The van der Waals surface area contributed by atoms with Crippen molar-refractivity contribution in [2.45, 2.75) is 25.7 Å². The number of primary amides is 1. The van der Waals surface area contributed by atoms with Gasteiger partial charge in [-0.15, -0.1) is 11.3 Å². The topological polar surface area (TPSA) is 102 Å². The number of benzene rings is 2. The number of hydrogen-bond donors (Lipinski definition) is 2. The van der Waals surface area contributed by atoms with E-state index >= 15 is 0 Å². The average molecular weight is 492 g/mol. The molecule has 4 rings (SSSR count). The number of thiophene rings is 1. The summed E-state index contributed by atoms with van der Waals surface area (Å²) in [7, 11) is 0. The molecular weight excluding hydrogens is 462 g/mol. The fourth-order valence-corrected chi connectivity index (χ4v) is 5.06. The first-order chi connectivity index (χ1) is 17.0. The highest BCUT2D eigenvalue weighted by atomic mass is 32.1. The van der Waals surface area contributed by atoms with Gasteiger partial charge in [0.2, 0.25) is 5.91 Å². The van der Waals surface area contributed by atoms with Crippen LogP contribution in [0.1, 0.15) is 44.9 Å². The second kappa shape index (κ2) is 11.7. The summed E-state index contributed by atoms with van der Waals surface area (Å²) in [6, 6.07) is 18.6. The molecule has 1 aliphatic heterocycles. The van der Waals surface area contributed by atoms with Crippen molar-refractivity contribution < 1.29 is 19.1 Å². The number of piperidine rings is 1. The lowest BCUT2D eigenvalue weighted by molar-refractivity contribution is -0.134. The number of ether oxygens (including phenoxy) is 1. The number of hydrogen-bond acceptors (Lipinski definition) is 5. The molecule has 1 aliphatic rings. The Labute approximate surface area is 208 Å². The van der Waals surface area contributed by atoms with E-state index in [-0.39, 0.29) is 18.4 Å². The average Bonchev–Trinajstić information content (AvgIpc) is 3.33. The van der Waals surface area contributed by atoms with Gasteiger partial charge in [0.05, 0.1) is 0 Å². The molecule has 3 N–H and O–H groups in total. The van der Waals surface area contributed by atoms with Gasteiger partial charge in [-0.3, -0.25) is 14.4 Å². The number of likely N-dealkylation sites (tertiary alicyclic amines) is 1. The first-order valence-electron chi connectivity index (χ1n) is 11.8. The Hall–Kier alpha value is -3.65. The third kappa shape index (κ3) is 6.48. The fraction of sp³-hybridized carbons (Fsp3) is 0.296. The maximum atomic E-state index is 13.1. The number of nitrogens with zero attached hydrogens (tertiary/aromatic N) is 1. The third-order valence-electron chi connectivity index (χ3n) is 5.93. The number of carbonyl (C=O) groups excluding carboxylic acids is 3. The van der Waals surface area contributed by atoms with Crippen molar-refractivity contribution in [3.8, 4) is 16.2 Å². The number of rotatable bonds is 9. The summed E-state index contributed by atoms with van der Waals surface area (Å²) < 4.78 is 5.89. The van der Waals surface area contributed by atoms with Gasteiger partial charge in [-0.2, -0.15) is 0 Å². The van der Waals surface area contributed by atoms with E-state index in [1.165, 1.54) is 11.3 Å². The van der Waals surface area contributed by atoms with Crippen molar-refractivity contribution in [3.05, 3.63) is 76.7 Å². The van der Waals surface area contributed by atoms with Crippen LogP contribution in [-0.2, 0) is 11.2 Å². The fourth-order valence-electron chi connectivity index (χ4n) is 4.04. The molecule has 0 saturated carbocycles. The molecule has 1 saturated heterocycles. The van der Waals surface area contributed by atoms with E-state index in [0.717, 1.165) is 48.4 Å². The van der Waals surface area contributed by atoms with Gasteiger partial charge >= 0.3 is 0 Å². The lowest BCUT2D eigenvalue weighted by Crippen LogP contribution is -2.38. The third-order valence-corrected chi connectivity index (χ3v) is 7.10. The summed E-state index contributed by atoms with van der Waals surface area (Å²) in [5.41, 5.74) is 7.67. The lowest BCUT2D eigenvalue weighted by atomic mass is 10.1. The molecular formula is C27H29N3O4S. The first-order valence-corrected chi connectivity index (χ1v) is 12.6. The monoisotopic (exact) mass is 491 g/mol. The molecule has 1 fully saturated rings. The minimum atomic E-state index is -0.483. The van der Waals surface area contributed by atoms with Crippen molar-refractivity contribution in [3.63, 3.8) is 0 Å². The van der Waals surface area contributed by atoms with E-state index in [0.29, 0.717) is 29.2 Å². The quantitative estimate of drug-likeness (QED) is 0.474. The second-order valence-electron chi connectivity index (χ2n) is 8.47. The van der Waals surface area contributed by atoms with Gasteiger partial charge < -0.3 is 20.7 Å². The van der Waals surface area contributed by atoms with Gasteiger partial charge in [0.25, 0.3) is 11.8 Å². The number of nitrogens with two attached hydrogens (primary N) is 1. The molecule has 0 unspecified atom stereocenters. The van der Waals surface area contributed by atoms with Crippen LogP contribution in [0, 0.1) is 0 Å². The van der Waals surface area contributed by atoms with Crippen LogP contribution < -0.4 is 15.8 Å². The van der Waals surface area contributed by atoms with Crippen molar-refractivity contribution in [1.82, 2.24) is 10.2 Å². The second-order valence-corrected chi connectivity index (χ2v) is 9.52. The molecule has 0 spiro atoms. The van der Waals surface area contributed by atoms with Gasteiger partial charge in [-0.25, -0.2) is 0 Å². The Kier molecular flexibility index (Phi) is 8.15. The van der Waals surface area contributed by atoms with Crippen LogP contribution in [0.2, 0.25) is 0 Å². The minimum Gasteiger partial charge on any atom is -0.482 e. The van der Waals surface area contributed by atoms with Gasteiger partial charge in [-0.05, 0) is 55.0 Å². The van der Waals surface area contributed by atoms with Crippen molar-refractivity contribution in [2.75, 3.05) is 26.2 Å². The Bertz CT molecular complexity index is 1190. The molecule has 2 heterocycles. The molecule has 35 heavy (non-hydrogen) atoms. The number of amides is 3. The summed E-state index contributed by atoms with van der Waals surface area (Å²) in [5.74, 6) is -0.391. The van der Waals surface area contributed by atoms with Crippen molar-refractivity contribution >= 4 is 29.1 Å². The van der Waals surface area contributed by atoms with Crippen LogP contribution in [0.5, 0.6) is 5.75 Å². The van der Waals surface area contributed by atoms with Crippen LogP contribution >= 0.6 is 11.3 Å². The first kappa shape index (κ1) is 24.5. The molecule has 0 atom stereocenters. The van der Waals surface area contributed by atoms with Crippen molar-refractivity contribution in [1.29, 1.82) is 0 Å². The lowest BCUT2D eigenvalue weighted by Gasteiger charge is -2.26. The zero-order valence-electron chi connectivity index (χ0n) is 19.5. The minimum absolute atomic E-state index is 0.0575. The van der Waals surface area contributed by atoms with Crippen LogP contribution in [0.4, 0.5) is 0 Å². The molecule has 0 radical (unpaired) electrons. The van der Waals surface area contributed by atoms with Crippen LogP contribution in [0.15, 0.2) is 60.7 Å².